The summed E-state index contributed by atoms with van der Waals surface area (Å²) in [6.07, 6.45) is -0.778. The molecule has 0 aliphatic carbocycles. The summed E-state index contributed by atoms with van der Waals surface area (Å²) in [6.45, 7) is -1.61. The molecule has 0 atom stereocenters. The summed E-state index contributed by atoms with van der Waals surface area (Å²) in [5.74, 6) is -3.37. The molecule has 0 aliphatic heterocycles. The van der Waals surface area contributed by atoms with Gasteiger partial charge in [0.05, 0.1) is 18.6 Å². The Morgan fingerprint density at radius 2 is 1.95 bits per heavy atom. The molecule has 1 rings (SSSR count). The number of hydrogen-bond acceptors (Lipinski definition) is 5. The quantitative estimate of drug-likeness (QED) is 0.322. The first-order valence-electron chi connectivity index (χ1n) is 5.82. The molecule has 0 N–H and O–H groups in total. The van der Waals surface area contributed by atoms with Crippen molar-refractivity contribution in [2.75, 3.05) is 6.61 Å². The second-order valence-electron chi connectivity index (χ2n) is 3.76. The van der Waals surface area contributed by atoms with E-state index in [-0.39, 0.29) is 17.9 Å². The zero-order valence-corrected chi connectivity index (χ0v) is 12.5. The summed E-state index contributed by atoms with van der Waals surface area (Å²) in [4.78, 5) is 34.5. The maximum absolute atomic E-state index is 12.3. The summed E-state index contributed by atoms with van der Waals surface area (Å²) in [5.41, 5.74) is -0.212. The van der Waals surface area contributed by atoms with Gasteiger partial charge in [0.25, 0.3) is 0 Å². The van der Waals surface area contributed by atoms with Gasteiger partial charge in [-0.25, -0.2) is 4.79 Å². The van der Waals surface area contributed by atoms with Gasteiger partial charge < -0.3 is 9.47 Å². The van der Waals surface area contributed by atoms with Crippen LogP contribution in [0.4, 0.5) is 8.78 Å². The Kier molecular flexibility index (Phi) is 6.41. The van der Waals surface area contributed by atoms with E-state index in [1.54, 1.807) is 0 Å². The molecule has 1 aromatic rings. The predicted octanol–water partition coefficient (Wildman–Crippen LogP) is 2.76. The second-order valence-corrected chi connectivity index (χ2v) is 4.68. The molecular formula is C13H11BrF2O5. The lowest BCUT2D eigenvalue weighted by molar-refractivity contribution is -0.153. The molecule has 21 heavy (non-hydrogen) atoms. The first kappa shape index (κ1) is 17.2. The molecular weight excluding hydrogens is 354 g/mol. The highest BCUT2D eigenvalue weighted by Crippen LogP contribution is 2.26. The molecule has 5 nitrogen and oxygen atoms in total. The van der Waals surface area contributed by atoms with Crippen LogP contribution < -0.4 is 4.74 Å². The number of carbonyl (C=O) groups is 3. The molecule has 0 aromatic heterocycles. The summed E-state index contributed by atoms with van der Waals surface area (Å²) in [5, 5.41) is 0. The van der Waals surface area contributed by atoms with Gasteiger partial charge in [0, 0.05) is 4.47 Å². The van der Waals surface area contributed by atoms with Gasteiger partial charge in [0.1, 0.15) is 5.75 Å². The van der Waals surface area contributed by atoms with E-state index in [1.165, 1.54) is 25.1 Å². The third kappa shape index (κ3) is 5.22. The Balaban J connectivity index is 2.91. The van der Waals surface area contributed by atoms with Gasteiger partial charge in [-0.1, -0.05) is 15.9 Å². The van der Waals surface area contributed by atoms with Crippen molar-refractivity contribution in [3.63, 3.8) is 0 Å². The van der Waals surface area contributed by atoms with E-state index in [0.29, 0.717) is 4.47 Å². The number of carbonyl (C=O) groups excluding carboxylic acids is 3. The Labute approximate surface area is 127 Å². The fraction of sp³-hybridized carbons (Fsp3) is 0.308. The minimum Gasteiger partial charge on any atom is -0.460 e. The number of benzene rings is 1. The molecule has 0 fully saturated rings. The SMILES string of the molecule is CCOC(=O)C(=O)CC(=O)c1ccc(Br)cc1OC(F)F. The van der Waals surface area contributed by atoms with E-state index >= 15 is 0 Å². The molecule has 0 radical (unpaired) electrons. The Morgan fingerprint density at radius 3 is 2.52 bits per heavy atom. The molecule has 0 saturated carbocycles. The van der Waals surface area contributed by atoms with Crippen LogP contribution in [0.5, 0.6) is 5.75 Å². The van der Waals surface area contributed by atoms with Gasteiger partial charge in [-0.2, -0.15) is 8.78 Å². The van der Waals surface area contributed by atoms with Gasteiger partial charge in [0.2, 0.25) is 5.78 Å². The van der Waals surface area contributed by atoms with Crippen LogP contribution in [-0.4, -0.2) is 30.8 Å². The van der Waals surface area contributed by atoms with E-state index < -0.39 is 30.6 Å². The lowest BCUT2D eigenvalue weighted by atomic mass is 10.1. The van der Waals surface area contributed by atoms with Crippen LogP contribution in [0.15, 0.2) is 22.7 Å². The number of ketones is 2. The highest BCUT2D eigenvalue weighted by atomic mass is 79.9. The van der Waals surface area contributed by atoms with Crippen molar-refractivity contribution in [1.29, 1.82) is 0 Å². The van der Waals surface area contributed by atoms with Crippen molar-refractivity contribution in [3.8, 4) is 5.75 Å². The molecule has 0 spiro atoms. The average molecular weight is 365 g/mol. The minimum atomic E-state index is -3.12. The summed E-state index contributed by atoms with van der Waals surface area (Å²) in [6, 6.07) is 3.83. The van der Waals surface area contributed by atoms with Gasteiger partial charge in [-0.15, -0.1) is 0 Å². The fourth-order valence-corrected chi connectivity index (χ4v) is 1.78. The van der Waals surface area contributed by atoms with Crippen LogP contribution in [0.2, 0.25) is 0 Å². The maximum atomic E-state index is 12.3. The van der Waals surface area contributed by atoms with Crippen molar-refractivity contribution >= 4 is 33.5 Å². The number of ether oxygens (including phenoxy) is 2. The first-order chi connectivity index (χ1) is 9.85. The largest absolute Gasteiger partial charge is 0.460 e. The van der Waals surface area contributed by atoms with Crippen LogP contribution in [-0.2, 0) is 14.3 Å². The number of esters is 1. The summed E-state index contributed by atoms with van der Waals surface area (Å²) < 4.78 is 33.7. The van der Waals surface area contributed by atoms with E-state index in [9.17, 15) is 23.2 Å². The van der Waals surface area contributed by atoms with Crippen LogP contribution >= 0.6 is 15.9 Å². The zero-order valence-electron chi connectivity index (χ0n) is 10.9. The Morgan fingerprint density at radius 1 is 1.29 bits per heavy atom. The lowest BCUT2D eigenvalue weighted by Gasteiger charge is -2.10. The fourth-order valence-electron chi connectivity index (χ4n) is 1.44. The third-order valence-electron chi connectivity index (χ3n) is 2.28. The minimum absolute atomic E-state index is 0.00318. The van der Waals surface area contributed by atoms with Crippen LogP contribution in [0.1, 0.15) is 23.7 Å². The van der Waals surface area contributed by atoms with Crippen molar-refractivity contribution in [3.05, 3.63) is 28.2 Å². The van der Waals surface area contributed by atoms with Crippen molar-refractivity contribution in [2.24, 2.45) is 0 Å². The molecule has 114 valence electrons. The summed E-state index contributed by atoms with van der Waals surface area (Å²) in [7, 11) is 0. The van der Waals surface area contributed by atoms with E-state index in [2.05, 4.69) is 25.4 Å². The number of Topliss-reactive ketones (excluding diaryl/α,β-unsaturated/α-hetero) is 2. The molecule has 0 saturated heterocycles. The van der Waals surface area contributed by atoms with Gasteiger partial charge in [-0.05, 0) is 25.1 Å². The molecule has 0 aliphatic rings. The Bertz CT molecular complexity index is 559. The van der Waals surface area contributed by atoms with Gasteiger partial charge in [0.15, 0.2) is 5.78 Å². The van der Waals surface area contributed by atoms with Crippen LogP contribution in [0, 0.1) is 0 Å². The third-order valence-corrected chi connectivity index (χ3v) is 2.78. The molecule has 1 aromatic carbocycles. The number of halogens is 3. The topological polar surface area (TPSA) is 69.7 Å². The van der Waals surface area contributed by atoms with Crippen LogP contribution in [0.25, 0.3) is 0 Å². The van der Waals surface area contributed by atoms with E-state index in [1.807, 2.05) is 0 Å². The molecule has 0 unspecified atom stereocenters. The van der Waals surface area contributed by atoms with Gasteiger partial charge >= 0.3 is 12.6 Å². The van der Waals surface area contributed by atoms with Crippen molar-refractivity contribution in [1.82, 2.24) is 0 Å². The zero-order chi connectivity index (χ0) is 16.0. The first-order valence-corrected chi connectivity index (χ1v) is 6.62. The van der Waals surface area contributed by atoms with Crippen LogP contribution in [0.3, 0.4) is 0 Å². The smallest absolute Gasteiger partial charge is 0.387 e. The lowest BCUT2D eigenvalue weighted by Crippen LogP contribution is -2.21. The van der Waals surface area contributed by atoms with Gasteiger partial charge in [-0.3, -0.25) is 9.59 Å². The normalized spacial score (nSPS) is 10.3. The maximum Gasteiger partial charge on any atom is 0.387 e. The number of rotatable bonds is 7. The average Bonchev–Trinajstić information content (AvgIpc) is 2.38. The monoisotopic (exact) mass is 364 g/mol. The number of alkyl halides is 2. The predicted molar refractivity (Wildman–Crippen MR) is 71.4 cm³/mol. The molecule has 8 heteroatoms. The highest BCUT2D eigenvalue weighted by molar-refractivity contribution is 9.10. The Hall–Kier alpha value is -1.83. The second kappa shape index (κ2) is 7.82. The van der Waals surface area contributed by atoms with Crippen molar-refractivity contribution < 1.29 is 32.6 Å². The molecule has 0 bridgehead atoms. The molecule has 0 amide bonds. The van der Waals surface area contributed by atoms with E-state index in [4.69, 9.17) is 0 Å². The van der Waals surface area contributed by atoms with E-state index in [0.717, 1.165) is 0 Å². The summed E-state index contributed by atoms with van der Waals surface area (Å²) >= 11 is 3.05. The number of hydrogen-bond donors (Lipinski definition) is 0. The molecule has 0 heterocycles. The highest BCUT2D eigenvalue weighted by Gasteiger charge is 2.23. The van der Waals surface area contributed by atoms with Crippen molar-refractivity contribution in [2.45, 2.75) is 20.0 Å². The standard InChI is InChI=1S/C13H11BrF2O5/c1-2-20-12(19)10(18)6-9(17)8-4-3-7(14)5-11(8)21-13(15)16/h3-5,13H,2,6H2,1H3.